The molecule has 3 aliphatic carbocycles. The van der Waals surface area contributed by atoms with Gasteiger partial charge in [-0.05, 0) is 49.5 Å². The average Bonchev–Trinajstić information content (AvgIpc) is 2.64. The molecule has 146 valence electrons. The van der Waals surface area contributed by atoms with E-state index in [2.05, 4.69) is 6.92 Å². The third-order valence-corrected chi connectivity index (χ3v) is 7.31. The summed E-state index contributed by atoms with van der Waals surface area (Å²) in [4.78, 5) is 12.9. The molecule has 0 amide bonds. The second kappa shape index (κ2) is 7.25. The maximum Gasteiger partial charge on any atom is 0.311 e. The average molecular weight is 364 g/mol. The Labute approximate surface area is 156 Å². The number of aliphatic hydroxyl groups excluding tert-OH is 1. The summed E-state index contributed by atoms with van der Waals surface area (Å²) in [6, 6.07) is 0. The van der Waals surface area contributed by atoms with Crippen LogP contribution in [0.2, 0.25) is 0 Å². The molecule has 5 heteroatoms. The van der Waals surface area contributed by atoms with Crippen molar-refractivity contribution in [2.75, 3.05) is 13.7 Å². The van der Waals surface area contributed by atoms with E-state index in [1.54, 1.807) is 0 Å². The number of methoxy groups -OCH3 is 1. The molecule has 0 radical (unpaired) electrons. The summed E-state index contributed by atoms with van der Waals surface area (Å²) >= 11 is 0. The van der Waals surface area contributed by atoms with Crippen LogP contribution in [-0.2, 0) is 19.0 Å². The van der Waals surface area contributed by atoms with E-state index in [4.69, 9.17) is 14.2 Å². The lowest BCUT2D eigenvalue weighted by atomic mass is 9.54. The molecule has 1 N–H and O–H groups in total. The number of ether oxygens (including phenoxy) is 3. The van der Waals surface area contributed by atoms with Crippen LogP contribution in [0.5, 0.6) is 0 Å². The van der Waals surface area contributed by atoms with Crippen molar-refractivity contribution in [2.45, 2.75) is 70.9 Å². The molecule has 4 rings (SSSR count). The number of allylic oxidation sites excluding steroid dienone is 1. The van der Waals surface area contributed by atoms with E-state index in [0.29, 0.717) is 24.9 Å². The van der Waals surface area contributed by atoms with Crippen LogP contribution in [0, 0.1) is 29.6 Å². The Morgan fingerprint density at radius 2 is 2.08 bits per heavy atom. The summed E-state index contributed by atoms with van der Waals surface area (Å²) in [6.45, 7) is 4.79. The third kappa shape index (κ3) is 2.83. The molecule has 4 aliphatic rings. The van der Waals surface area contributed by atoms with Crippen molar-refractivity contribution >= 4 is 5.97 Å². The fraction of sp³-hybridized carbons (Fsp3) is 0.857. The smallest absolute Gasteiger partial charge is 0.311 e. The molecule has 5 nitrogen and oxygen atoms in total. The van der Waals surface area contributed by atoms with E-state index in [1.165, 1.54) is 24.7 Å². The standard InChI is InChI=1S/C21H32O5/c1-4-25-16-10-14-15(22)9-8-13-12-7-5-6-11(2)17(12)19(21(23)24-3)20(26-16)18(13)14/h11-12,14-17,19-20,22H,4-10H2,1-3H3/t11-,12-,14+,15+,16-,17+,19-,20+/m1/s1. The molecular formula is C21H32O5. The zero-order valence-corrected chi connectivity index (χ0v) is 16.1. The minimum atomic E-state index is -0.362. The van der Waals surface area contributed by atoms with Gasteiger partial charge in [-0.3, -0.25) is 4.79 Å². The van der Waals surface area contributed by atoms with Gasteiger partial charge in [0.25, 0.3) is 0 Å². The topological polar surface area (TPSA) is 65.0 Å². The number of hydrogen-bond acceptors (Lipinski definition) is 5. The number of aliphatic hydroxyl groups is 1. The highest BCUT2D eigenvalue weighted by Gasteiger charge is 2.56. The Kier molecular flexibility index (Phi) is 5.15. The number of fused-ring (bicyclic) bond motifs is 2. The minimum Gasteiger partial charge on any atom is -0.469 e. The predicted octanol–water partition coefficient (Wildman–Crippen LogP) is 3.06. The van der Waals surface area contributed by atoms with Gasteiger partial charge in [0.1, 0.15) is 0 Å². The van der Waals surface area contributed by atoms with Crippen LogP contribution in [0.4, 0.5) is 0 Å². The van der Waals surface area contributed by atoms with Crippen molar-refractivity contribution in [3.63, 3.8) is 0 Å². The highest BCUT2D eigenvalue weighted by molar-refractivity contribution is 5.75. The van der Waals surface area contributed by atoms with Crippen molar-refractivity contribution < 1.29 is 24.1 Å². The SMILES string of the molecule is CCO[C@H]1C[C@@H]2C3=C(CC[C@@H]2O)[C@H]2CCC[C@@H](C)[C@@H]2[C@@H](C(=O)OC)[C@H]3O1. The fourth-order valence-electron chi connectivity index (χ4n) is 6.31. The van der Waals surface area contributed by atoms with Crippen molar-refractivity contribution in [1.82, 2.24) is 0 Å². The maximum atomic E-state index is 12.9. The Hall–Kier alpha value is -0.910. The number of rotatable bonds is 3. The second-order valence-electron chi connectivity index (χ2n) is 8.51. The molecule has 1 aliphatic heterocycles. The molecule has 8 atom stereocenters. The van der Waals surface area contributed by atoms with E-state index in [-0.39, 0.29) is 42.2 Å². The summed E-state index contributed by atoms with van der Waals surface area (Å²) in [5.41, 5.74) is 2.70. The van der Waals surface area contributed by atoms with Crippen LogP contribution in [0.25, 0.3) is 0 Å². The Bertz CT molecular complexity index is 585. The van der Waals surface area contributed by atoms with Gasteiger partial charge in [-0.15, -0.1) is 0 Å². The lowest BCUT2D eigenvalue weighted by molar-refractivity contribution is -0.220. The number of carbonyl (C=O) groups excluding carboxylic acids is 1. The normalized spacial score (nSPS) is 44.9. The second-order valence-corrected chi connectivity index (χ2v) is 8.51. The first-order valence-corrected chi connectivity index (χ1v) is 10.3. The predicted molar refractivity (Wildman–Crippen MR) is 96.2 cm³/mol. The Morgan fingerprint density at radius 3 is 2.81 bits per heavy atom. The van der Waals surface area contributed by atoms with Crippen LogP contribution in [0.1, 0.15) is 52.4 Å². The van der Waals surface area contributed by atoms with E-state index in [9.17, 15) is 9.90 Å². The minimum absolute atomic E-state index is 0.0550. The number of carbonyl (C=O) groups is 1. The lowest BCUT2D eigenvalue weighted by Gasteiger charge is -2.55. The molecule has 1 saturated carbocycles. The summed E-state index contributed by atoms with van der Waals surface area (Å²) in [5, 5.41) is 10.7. The van der Waals surface area contributed by atoms with Crippen molar-refractivity contribution in [3.8, 4) is 0 Å². The van der Waals surface area contributed by atoms with Crippen molar-refractivity contribution in [2.24, 2.45) is 29.6 Å². The Balaban J connectivity index is 1.80. The molecule has 1 saturated heterocycles. The molecule has 0 aromatic carbocycles. The fourth-order valence-corrected chi connectivity index (χ4v) is 6.31. The first kappa shape index (κ1) is 18.5. The van der Waals surface area contributed by atoms with Crippen molar-refractivity contribution in [3.05, 3.63) is 11.1 Å². The summed E-state index contributed by atoms with van der Waals surface area (Å²) in [6.07, 6.45) is 4.94. The molecule has 26 heavy (non-hydrogen) atoms. The highest BCUT2D eigenvalue weighted by atomic mass is 16.7. The molecule has 2 fully saturated rings. The van der Waals surface area contributed by atoms with E-state index in [0.717, 1.165) is 25.7 Å². The number of hydrogen-bond donors (Lipinski definition) is 1. The van der Waals surface area contributed by atoms with Crippen LogP contribution < -0.4 is 0 Å². The van der Waals surface area contributed by atoms with Gasteiger partial charge in [0.05, 0.1) is 25.2 Å². The maximum absolute atomic E-state index is 12.9. The van der Waals surface area contributed by atoms with Crippen molar-refractivity contribution in [1.29, 1.82) is 0 Å². The van der Waals surface area contributed by atoms with Gasteiger partial charge < -0.3 is 19.3 Å². The van der Waals surface area contributed by atoms with Crippen LogP contribution in [0.15, 0.2) is 11.1 Å². The third-order valence-electron chi connectivity index (χ3n) is 7.31. The summed E-state index contributed by atoms with van der Waals surface area (Å²) in [5.74, 6) is 0.802. The zero-order chi connectivity index (χ0) is 18.4. The zero-order valence-electron chi connectivity index (χ0n) is 16.1. The largest absolute Gasteiger partial charge is 0.469 e. The molecule has 0 aromatic heterocycles. The van der Waals surface area contributed by atoms with E-state index in [1.807, 2.05) is 6.92 Å². The van der Waals surface area contributed by atoms with E-state index >= 15 is 0 Å². The van der Waals surface area contributed by atoms with Gasteiger partial charge in [0, 0.05) is 18.9 Å². The van der Waals surface area contributed by atoms with Gasteiger partial charge in [-0.2, -0.15) is 0 Å². The molecule has 0 unspecified atom stereocenters. The summed E-state index contributed by atoms with van der Waals surface area (Å²) < 4.78 is 17.4. The first-order chi connectivity index (χ1) is 12.6. The molecule has 1 heterocycles. The Morgan fingerprint density at radius 1 is 1.27 bits per heavy atom. The molecular weight excluding hydrogens is 332 g/mol. The van der Waals surface area contributed by atoms with Gasteiger partial charge in [0.2, 0.25) is 0 Å². The monoisotopic (exact) mass is 364 g/mol. The molecule has 0 spiro atoms. The van der Waals surface area contributed by atoms with Crippen LogP contribution in [-0.4, -0.2) is 43.3 Å². The van der Waals surface area contributed by atoms with Crippen LogP contribution in [0.3, 0.4) is 0 Å². The van der Waals surface area contributed by atoms with Gasteiger partial charge in [-0.25, -0.2) is 0 Å². The summed E-state index contributed by atoms with van der Waals surface area (Å²) in [7, 11) is 1.48. The molecule has 0 bridgehead atoms. The highest BCUT2D eigenvalue weighted by Crippen LogP contribution is 2.57. The van der Waals surface area contributed by atoms with Gasteiger partial charge in [0.15, 0.2) is 6.29 Å². The molecule has 0 aromatic rings. The lowest BCUT2D eigenvalue weighted by Crippen LogP contribution is -2.56. The quantitative estimate of drug-likeness (QED) is 0.616. The van der Waals surface area contributed by atoms with Gasteiger partial charge in [-0.1, -0.05) is 25.3 Å². The van der Waals surface area contributed by atoms with Crippen LogP contribution >= 0.6 is 0 Å². The van der Waals surface area contributed by atoms with Gasteiger partial charge >= 0.3 is 5.97 Å². The first-order valence-electron chi connectivity index (χ1n) is 10.3. The number of esters is 1. The van der Waals surface area contributed by atoms with E-state index < -0.39 is 0 Å².